The Labute approximate surface area is 110 Å². The van der Waals surface area contributed by atoms with Gasteiger partial charge < -0.3 is 16.0 Å². The first-order valence-corrected chi connectivity index (χ1v) is 6.01. The Morgan fingerprint density at radius 2 is 2.21 bits per heavy atom. The molecule has 1 aliphatic heterocycles. The van der Waals surface area contributed by atoms with Crippen LogP contribution in [0.25, 0.3) is 0 Å². The molecule has 1 aromatic carbocycles. The summed E-state index contributed by atoms with van der Waals surface area (Å²) in [6.07, 6.45) is 1.20. The number of likely N-dealkylation sites (tertiary alicyclic amines) is 1. The number of anilines is 2. The fourth-order valence-corrected chi connectivity index (χ4v) is 2.19. The summed E-state index contributed by atoms with van der Waals surface area (Å²) in [7, 11) is 1.75. The number of nitrogens with one attached hydrogen (secondary N) is 1. The summed E-state index contributed by atoms with van der Waals surface area (Å²) in [6.45, 7) is 0.585. The van der Waals surface area contributed by atoms with Gasteiger partial charge in [-0.3, -0.25) is 14.9 Å². The standard InChI is InChI=1S/C12H16N4O3/c1-15-7-9(2-3-12(15)17)14-10-4-8(13)5-11(6-10)16(18)19/h4-6,9,14H,2-3,7,13H2,1H3. The van der Waals surface area contributed by atoms with E-state index in [-0.39, 0.29) is 17.6 Å². The number of nitro benzene ring substituents is 1. The van der Waals surface area contributed by atoms with Crippen molar-refractivity contribution in [1.29, 1.82) is 0 Å². The molecule has 0 spiro atoms. The zero-order chi connectivity index (χ0) is 14.0. The first kappa shape index (κ1) is 13.1. The predicted molar refractivity (Wildman–Crippen MR) is 71.8 cm³/mol. The number of rotatable bonds is 3. The molecule has 1 aromatic rings. The lowest BCUT2D eigenvalue weighted by atomic mass is 10.1. The minimum absolute atomic E-state index is 0.0391. The second kappa shape index (κ2) is 5.13. The number of benzene rings is 1. The Kier molecular flexibility index (Phi) is 3.55. The molecule has 1 atom stereocenters. The van der Waals surface area contributed by atoms with Gasteiger partial charge in [0.2, 0.25) is 5.91 Å². The molecule has 2 rings (SSSR count). The molecule has 0 aliphatic carbocycles. The highest BCUT2D eigenvalue weighted by Crippen LogP contribution is 2.24. The number of piperidine rings is 1. The first-order chi connectivity index (χ1) is 8.95. The third-order valence-electron chi connectivity index (χ3n) is 3.15. The maximum Gasteiger partial charge on any atom is 0.273 e. The van der Waals surface area contributed by atoms with E-state index in [1.54, 1.807) is 18.0 Å². The molecule has 0 radical (unpaired) electrons. The molecule has 1 saturated heterocycles. The van der Waals surface area contributed by atoms with Gasteiger partial charge in [0.25, 0.3) is 5.69 Å². The number of carbonyl (C=O) groups excluding carboxylic acids is 1. The van der Waals surface area contributed by atoms with Crippen LogP contribution in [-0.4, -0.2) is 35.4 Å². The number of hydrogen-bond donors (Lipinski definition) is 2. The number of carbonyl (C=O) groups is 1. The number of non-ortho nitro benzene ring substituents is 1. The Balaban J connectivity index is 2.11. The van der Waals surface area contributed by atoms with E-state index < -0.39 is 4.92 Å². The van der Waals surface area contributed by atoms with Crippen LogP contribution in [0.3, 0.4) is 0 Å². The monoisotopic (exact) mass is 264 g/mol. The van der Waals surface area contributed by atoms with Crippen molar-refractivity contribution in [2.45, 2.75) is 18.9 Å². The van der Waals surface area contributed by atoms with Crippen molar-refractivity contribution >= 4 is 23.0 Å². The van der Waals surface area contributed by atoms with Gasteiger partial charge in [0.05, 0.1) is 4.92 Å². The summed E-state index contributed by atoms with van der Waals surface area (Å²) < 4.78 is 0. The van der Waals surface area contributed by atoms with Gasteiger partial charge >= 0.3 is 0 Å². The molecule has 1 heterocycles. The molecule has 7 nitrogen and oxygen atoms in total. The molecule has 1 aliphatic rings. The van der Waals surface area contributed by atoms with E-state index >= 15 is 0 Å². The molecule has 0 bridgehead atoms. The summed E-state index contributed by atoms with van der Waals surface area (Å²) in [5.74, 6) is 0.122. The van der Waals surface area contributed by atoms with E-state index in [9.17, 15) is 14.9 Å². The van der Waals surface area contributed by atoms with Gasteiger partial charge in [-0.1, -0.05) is 0 Å². The highest BCUT2D eigenvalue weighted by molar-refractivity contribution is 5.77. The van der Waals surface area contributed by atoms with Crippen LogP contribution in [0.4, 0.5) is 17.1 Å². The van der Waals surface area contributed by atoms with Gasteiger partial charge in [0, 0.05) is 49.6 Å². The van der Waals surface area contributed by atoms with Crippen molar-refractivity contribution in [3.63, 3.8) is 0 Å². The van der Waals surface area contributed by atoms with Crippen LogP contribution in [0, 0.1) is 10.1 Å². The molecule has 0 saturated carbocycles. The van der Waals surface area contributed by atoms with E-state index in [4.69, 9.17) is 5.73 Å². The van der Waals surface area contributed by atoms with Gasteiger partial charge in [-0.25, -0.2) is 0 Å². The van der Waals surface area contributed by atoms with Crippen LogP contribution >= 0.6 is 0 Å². The predicted octanol–water partition coefficient (Wildman–Crippen LogP) is 1.21. The summed E-state index contributed by atoms with van der Waals surface area (Å²) in [4.78, 5) is 23.3. The van der Waals surface area contributed by atoms with Crippen molar-refractivity contribution in [1.82, 2.24) is 4.90 Å². The van der Waals surface area contributed by atoms with E-state index in [0.717, 1.165) is 0 Å². The largest absolute Gasteiger partial charge is 0.398 e. The Bertz CT molecular complexity index is 518. The van der Waals surface area contributed by atoms with E-state index in [2.05, 4.69) is 5.32 Å². The van der Waals surface area contributed by atoms with Crippen molar-refractivity contribution in [3.8, 4) is 0 Å². The number of amides is 1. The van der Waals surface area contributed by atoms with Gasteiger partial charge in [0.15, 0.2) is 0 Å². The maximum absolute atomic E-state index is 11.4. The number of nitrogens with two attached hydrogens (primary N) is 1. The van der Waals surface area contributed by atoms with Crippen LogP contribution in [0.5, 0.6) is 0 Å². The number of hydrogen-bond acceptors (Lipinski definition) is 5. The zero-order valence-corrected chi connectivity index (χ0v) is 10.6. The van der Waals surface area contributed by atoms with Crippen LogP contribution in [0.15, 0.2) is 18.2 Å². The fourth-order valence-electron chi connectivity index (χ4n) is 2.19. The third kappa shape index (κ3) is 3.12. The molecular weight excluding hydrogens is 248 g/mol. The average molecular weight is 264 g/mol. The third-order valence-corrected chi connectivity index (χ3v) is 3.15. The lowest BCUT2D eigenvalue weighted by Gasteiger charge is -2.30. The van der Waals surface area contributed by atoms with Crippen LogP contribution in [-0.2, 0) is 4.79 Å². The van der Waals surface area contributed by atoms with E-state index in [1.807, 2.05) is 0 Å². The normalized spacial score (nSPS) is 19.3. The minimum Gasteiger partial charge on any atom is -0.398 e. The van der Waals surface area contributed by atoms with Gasteiger partial charge in [-0.05, 0) is 12.5 Å². The number of nitrogen functional groups attached to an aromatic ring is 1. The van der Waals surface area contributed by atoms with Crippen molar-refractivity contribution in [3.05, 3.63) is 28.3 Å². The average Bonchev–Trinajstić information content (AvgIpc) is 2.33. The molecular formula is C12H16N4O3. The van der Waals surface area contributed by atoms with Gasteiger partial charge in [-0.2, -0.15) is 0 Å². The smallest absolute Gasteiger partial charge is 0.273 e. The Hall–Kier alpha value is -2.31. The molecule has 102 valence electrons. The van der Waals surface area contributed by atoms with Crippen molar-refractivity contribution < 1.29 is 9.72 Å². The number of nitrogens with zero attached hydrogens (tertiary/aromatic N) is 2. The fraction of sp³-hybridized carbons (Fsp3) is 0.417. The van der Waals surface area contributed by atoms with Gasteiger partial charge in [0.1, 0.15) is 0 Å². The molecule has 1 amide bonds. The summed E-state index contributed by atoms with van der Waals surface area (Å²) >= 11 is 0. The van der Waals surface area contributed by atoms with E-state index in [1.165, 1.54) is 12.1 Å². The quantitative estimate of drug-likeness (QED) is 0.485. The molecule has 1 unspecified atom stereocenters. The molecule has 19 heavy (non-hydrogen) atoms. The first-order valence-electron chi connectivity index (χ1n) is 6.01. The number of likely N-dealkylation sites (N-methyl/N-ethyl adjacent to an activating group) is 1. The number of nitro groups is 1. The second-order valence-corrected chi connectivity index (χ2v) is 4.72. The highest BCUT2D eigenvalue weighted by atomic mass is 16.6. The minimum atomic E-state index is -0.474. The van der Waals surface area contributed by atoms with E-state index in [0.29, 0.717) is 30.8 Å². The molecule has 0 aromatic heterocycles. The highest BCUT2D eigenvalue weighted by Gasteiger charge is 2.23. The lowest BCUT2D eigenvalue weighted by Crippen LogP contribution is -2.43. The van der Waals surface area contributed by atoms with Crippen molar-refractivity contribution in [2.24, 2.45) is 0 Å². The summed E-state index contributed by atoms with van der Waals surface area (Å²) in [5.41, 5.74) is 6.56. The topological polar surface area (TPSA) is 102 Å². The van der Waals surface area contributed by atoms with Gasteiger partial charge in [-0.15, -0.1) is 0 Å². The molecule has 1 fully saturated rings. The van der Waals surface area contributed by atoms with Crippen LogP contribution in [0.1, 0.15) is 12.8 Å². The second-order valence-electron chi connectivity index (χ2n) is 4.72. The Morgan fingerprint density at radius 3 is 2.84 bits per heavy atom. The van der Waals surface area contributed by atoms with Crippen LogP contribution < -0.4 is 11.1 Å². The zero-order valence-electron chi connectivity index (χ0n) is 10.6. The summed E-state index contributed by atoms with van der Waals surface area (Å²) in [6, 6.07) is 4.52. The summed E-state index contributed by atoms with van der Waals surface area (Å²) in [5, 5.41) is 14.0. The van der Waals surface area contributed by atoms with Crippen LogP contribution in [0.2, 0.25) is 0 Å². The Morgan fingerprint density at radius 1 is 1.47 bits per heavy atom. The SMILES string of the molecule is CN1CC(Nc2cc(N)cc([N+](=O)[O-])c2)CCC1=O. The van der Waals surface area contributed by atoms with Crippen molar-refractivity contribution in [2.75, 3.05) is 24.6 Å². The molecule has 7 heteroatoms. The molecule has 3 N–H and O–H groups in total. The maximum atomic E-state index is 11.4. The lowest BCUT2D eigenvalue weighted by molar-refractivity contribution is -0.384.